The fourth-order valence-corrected chi connectivity index (χ4v) is 3.94. The number of rotatable bonds is 1. The lowest BCUT2D eigenvalue weighted by atomic mass is 9.92. The van der Waals surface area contributed by atoms with Gasteiger partial charge in [0.25, 0.3) is 0 Å². The summed E-state index contributed by atoms with van der Waals surface area (Å²) in [7, 11) is 0. The lowest BCUT2D eigenvalue weighted by molar-refractivity contribution is -0.286. The summed E-state index contributed by atoms with van der Waals surface area (Å²) in [6.45, 7) is 2.03. The van der Waals surface area contributed by atoms with Crippen molar-refractivity contribution in [1.82, 2.24) is 14.9 Å². The summed E-state index contributed by atoms with van der Waals surface area (Å²) >= 11 is 0. The van der Waals surface area contributed by atoms with Gasteiger partial charge in [-0.25, -0.2) is 4.98 Å². The zero-order chi connectivity index (χ0) is 18.8. The Balaban J connectivity index is 1.67. The number of amides is 1. The van der Waals surface area contributed by atoms with Gasteiger partial charge in [0, 0.05) is 30.7 Å². The number of pyridine rings is 1. The van der Waals surface area contributed by atoms with Crippen molar-refractivity contribution in [1.29, 1.82) is 0 Å². The first-order chi connectivity index (χ1) is 12.9. The Morgan fingerprint density at radius 1 is 1.30 bits per heavy atom. The second kappa shape index (κ2) is 5.42. The van der Waals surface area contributed by atoms with Gasteiger partial charge in [-0.05, 0) is 41.8 Å². The first-order valence-corrected chi connectivity index (χ1v) is 8.55. The molecule has 1 unspecified atom stereocenters. The molecule has 0 fully saturated rings. The number of nitrogens with one attached hydrogen (secondary N) is 1. The largest absolute Gasteiger partial charge is 0.586 e. The molecule has 4 heterocycles. The summed E-state index contributed by atoms with van der Waals surface area (Å²) in [6, 6.07) is 8.04. The molecular formula is C19H15F2N3O3. The van der Waals surface area contributed by atoms with E-state index in [0.717, 1.165) is 22.3 Å². The molecule has 1 amide bonds. The van der Waals surface area contributed by atoms with Gasteiger partial charge in [-0.3, -0.25) is 4.79 Å². The summed E-state index contributed by atoms with van der Waals surface area (Å²) in [5.74, 6) is -0.157. The lowest BCUT2D eigenvalue weighted by Crippen LogP contribution is -2.39. The number of carbonyl (C=O) groups excluding carboxylic acids is 1. The molecule has 2 aromatic heterocycles. The van der Waals surface area contributed by atoms with E-state index in [-0.39, 0.29) is 17.4 Å². The van der Waals surface area contributed by atoms with Crippen LogP contribution in [0.25, 0.3) is 11.0 Å². The van der Waals surface area contributed by atoms with Gasteiger partial charge >= 0.3 is 6.29 Å². The van der Waals surface area contributed by atoms with E-state index in [1.165, 1.54) is 19.1 Å². The van der Waals surface area contributed by atoms with Crippen LogP contribution in [0.4, 0.5) is 8.78 Å². The highest BCUT2D eigenvalue weighted by molar-refractivity contribution is 5.83. The number of aromatic nitrogens is 2. The zero-order valence-corrected chi connectivity index (χ0v) is 14.3. The van der Waals surface area contributed by atoms with E-state index in [4.69, 9.17) is 0 Å². The SMILES string of the molecule is CC(=O)N1CCc2c([nH]c3ncccc23)C1c1ccc2c(c1)OC(F)(F)O2. The number of carbonyl (C=O) groups is 1. The topological polar surface area (TPSA) is 67.5 Å². The number of H-pyrrole nitrogens is 1. The molecule has 1 N–H and O–H groups in total. The molecule has 0 bridgehead atoms. The molecule has 1 atom stereocenters. The third-order valence-electron chi connectivity index (χ3n) is 5.04. The van der Waals surface area contributed by atoms with Crippen molar-refractivity contribution in [3.05, 3.63) is 53.3 Å². The van der Waals surface area contributed by atoms with E-state index in [0.29, 0.717) is 18.5 Å². The maximum atomic E-state index is 13.4. The summed E-state index contributed by atoms with van der Waals surface area (Å²) in [5.41, 5.74) is 3.34. The van der Waals surface area contributed by atoms with Crippen LogP contribution in [-0.2, 0) is 11.2 Å². The number of nitrogens with zero attached hydrogens (tertiary/aromatic N) is 2. The van der Waals surface area contributed by atoms with Gasteiger partial charge in [0.2, 0.25) is 5.91 Å². The number of alkyl halides is 2. The Labute approximate surface area is 152 Å². The van der Waals surface area contributed by atoms with Crippen LogP contribution < -0.4 is 9.47 Å². The van der Waals surface area contributed by atoms with E-state index >= 15 is 0 Å². The Hall–Kier alpha value is -3.16. The molecule has 6 nitrogen and oxygen atoms in total. The number of benzene rings is 1. The van der Waals surface area contributed by atoms with E-state index in [1.54, 1.807) is 17.2 Å². The van der Waals surface area contributed by atoms with Crippen LogP contribution in [0.2, 0.25) is 0 Å². The van der Waals surface area contributed by atoms with E-state index in [1.807, 2.05) is 12.1 Å². The molecule has 0 aliphatic carbocycles. The van der Waals surface area contributed by atoms with Crippen LogP contribution in [0.1, 0.15) is 29.8 Å². The van der Waals surface area contributed by atoms with Crippen LogP contribution in [0, 0.1) is 0 Å². The third kappa shape index (κ3) is 2.43. The Morgan fingerprint density at radius 3 is 2.93 bits per heavy atom. The number of hydrogen-bond donors (Lipinski definition) is 1. The highest BCUT2D eigenvalue weighted by atomic mass is 19.3. The molecule has 0 spiro atoms. The molecule has 0 saturated heterocycles. The minimum absolute atomic E-state index is 0.0209. The van der Waals surface area contributed by atoms with Gasteiger partial charge < -0.3 is 19.4 Å². The number of hydrogen-bond acceptors (Lipinski definition) is 4. The fraction of sp³-hybridized carbons (Fsp3) is 0.263. The van der Waals surface area contributed by atoms with Gasteiger partial charge in [0.05, 0.1) is 6.04 Å². The van der Waals surface area contributed by atoms with Crippen LogP contribution in [0.5, 0.6) is 11.5 Å². The number of aromatic amines is 1. The Kier molecular flexibility index (Phi) is 3.22. The molecule has 138 valence electrons. The van der Waals surface area contributed by atoms with Crippen molar-refractivity contribution in [3.8, 4) is 11.5 Å². The van der Waals surface area contributed by atoms with Crippen molar-refractivity contribution in [2.75, 3.05) is 6.54 Å². The van der Waals surface area contributed by atoms with E-state index in [9.17, 15) is 13.6 Å². The molecule has 3 aromatic rings. The van der Waals surface area contributed by atoms with Crippen LogP contribution in [-0.4, -0.2) is 33.6 Å². The standard InChI is InChI=1S/C19H15F2N3O3/c1-10(25)24-8-6-12-13-3-2-7-22-18(13)23-16(12)17(24)11-4-5-14-15(9-11)27-19(20,21)26-14/h2-5,7,9,17H,6,8H2,1H3,(H,22,23). The quantitative estimate of drug-likeness (QED) is 0.712. The lowest BCUT2D eigenvalue weighted by Gasteiger charge is -2.35. The first kappa shape index (κ1) is 16.0. The molecular weight excluding hydrogens is 356 g/mol. The van der Waals surface area contributed by atoms with Gasteiger partial charge in [0.1, 0.15) is 5.65 Å². The number of fused-ring (bicyclic) bond motifs is 4. The third-order valence-corrected chi connectivity index (χ3v) is 5.04. The molecule has 27 heavy (non-hydrogen) atoms. The van der Waals surface area contributed by atoms with E-state index < -0.39 is 12.3 Å². The minimum atomic E-state index is -3.68. The normalized spacial score (nSPS) is 20.0. The molecule has 1 aromatic carbocycles. The maximum absolute atomic E-state index is 13.4. The summed E-state index contributed by atoms with van der Waals surface area (Å²) in [6.07, 6.45) is -1.28. The smallest absolute Gasteiger partial charge is 0.395 e. The van der Waals surface area contributed by atoms with Gasteiger partial charge in [-0.15, -0.1) is 8.78 Å². The summed E-state index contributed by atoms with van der Waals surface area (Å²) < 4.78 is 35.8. The predicted molar refractivity (Wildman–Crippen MR) is 91.7 cm³/mol. The summed E-state index contributed by atoms with van der Waals surface area (Å²) in [5, 5.41) is 1.01. The zero-order valence-electron chi connectivity index (χ0n) is 14.3. The highest BCUT2D eigenvalue weighted by Gasteiger charge is 2.44. The van der Waals surface area contributed by atoms with Crippen LogP contribution in [0.15, 0.2) is 36.5 Å². The van der Waals surface area contributed by atoms with Crippen molar-refractivity contribution in [2.24, 2.45) is 0 Å². The fourth-order valence-electron chi connectivity index (χ4n) is 3.94. The minimum Gasteiger partial charge on any atom is -0.395 e. The van der Waals surface area contributed by atoms with Crippen LogP contribution in [0.3, 0.4) is 0 Å². The summed E-state index contributed by atoms with van der Waals surface area (Å²) in [4.78, 5) is 21.6. The average Bonchev–Trinajstić information content (AvgIpc) is 3.15. The van der Waals surface area contributed by atoms with Gasteiger partial charge in [-0.1, -0.05) is 6.07 Å². The van der Waals surface area contributed by atoms with Crippen LogP contribution >= 0.6 is 0 Å². The van der Waals surface area contributed by atoms with E-state index in [2.05, 4.69) is 19.4 Å². The second-order valence-corrected chi connectivity index (χ2v) is 6.66. The van der Waals surface area contributed by atoms with Crippen molar-refractivity contribution in [2.45, 2.75) is 25.7 Å². The Bertz CT molecular complexity index is 1080. The maximum Gasteiger partial charge on any atom is 0.586 e. The first-order valence-electron chi connectivity index (χ1n) is 8.55. The van der Waals surface area contributed by atoms with Crippen molar-refractivity contribution >= 4 is 16.9 Å². The van der Waals surface area contributed by atoms with Gasteiger partial charge in [-0.2, -0.15) is 0 Å². The average molecular weight is 371 g/mol. The van der Waals surface area contributed by atoms with Crippen molar-refractivity contribution in [3.63, 3.8) is 0 Å². The van der Waals surface area contributed by atoms with Gasteiger partial charge in [0.15, 0.2) is 11.5 Å². The highest BCUT2D eigenvalue weighted by Crippen LogP contribution is 2.45. The second-order valence-electron chi connectivity index (χ2n) is 6.66. The molecule has 0 radical (unpaired) electrons. The number of halogens is 2. The molecule has 8 heteroatoms. The molecule has 5 rings (SSSR count). The molecule has 0 saturated carbocycles. The monoisotopic (exact) mass is 371 g/mol. The van der Waals surface area contributed by atoms with Crippen molar-refractivity contribution < 1.29 is 23.0 Å². The predicted octanol–water partition coefficient (Wildman–Crippen LogP) is 3.38. The molecule has 2 aliphatic rings. The Morgan fingerprint density at radius 2 is 2.11 bits per heavy atom. The number of ether oxygens (including phenoxy) is 2. The molecule has 2 aliphatic heterocycles.